The summed E-state index contributed by atoms with van der Waals surface area (Å²) in [5.41, 5.74) is 1.41. The summed E-state index contributed by atoms with van der Waals surface area (Å²) in [6, 6.07) is 10.5. The molecule has 2 heteroatoms. The molecule has 1 aromatic rings. The van der Waals surface area contributed by atoms with Gasteiger partial charge in [0.15, 0.2) is 0 Å². The van der Waals surface area contributed by atoms with E-state index in [1.807, 2.05) is 6.07 Å². The second-order valence-corrected chi connectivity index (χ2v) is 2.57. The van der Waals surface area contributed by atoms with Gasteiger partial charge in [0.05, 0.1) is 0 Å². The maximum Gasteiger partial charge on any atom is -0.0219 e. The number of hydrogen-bond acceptors (Lipinski definition) is 1. The number of rotatable bonds is 1. The van der Waals surface area contributed by atoms with Gasteiger partial charge in [-0.1, -0.05) is 44.2 Å². The molecule has 0 unspecified atom stereocenters. The lowest BCUT2D eigenvalue weighted by atomic mass is 10.0. The predicted molar refractivity (Wildman–Crippen MR) is 52.8 cm³/mol. The molecular weight excluding hydrogens is 158 g/mol. The lowest BCUT2D eigenvalue weighted by molar-refractivity contribution is 0.867. The molecule has 0 spiro atoms. The van der Waals surface area contributed by atoms with Crippen LogP contribution in [-0.4, -0.2) is 0 Å². The van der Waals surface area contributed by atoms with E-state index in [0.717, 1.165) is 0 Å². The van der Waals surface area contributed by atoms with Crippen molar-refractivity contribution < 1.29 is 0 Å². The Kier molecular flexibility index (Phi) is 7.37. The van der Waals surface area contributed by atoms with Gasteiger partial charge >= 0.3 is 0 Å². The molecule has 0 aliphatic carbocycles. The summed E-state index contributed by atoms with van der Waals surface area (Å²) in [6.45, 7) is 4.41. The van der Waals surface area contributed by atoms with Gasteiger partial charge in [-0.3, -0.25) is 0 Å². The summed E-state index contributed by atoms with van der Waals surface area (Å²) >= 11 is 0. The van der Waals surface area contributed by atoms with Gasteiger partial charge in [0.1, 0.15) is 0 Å². The van der Waals surface area contributed by atoms with Gasteiger partial charge in [-0.15, -0.1) is 12.4 Å². The highest BCUT2D eigenvalue weighted by Gasteiger charge is 1.93. The maximum atomic E-state index is 2.20. The van der Waals surface area contributed by atoms with E-state index in [0.29, 0.717) is 5.92 Å². The highest BCUT2D eigenvalue weighted by Crippen LogP contribution is 2.11. The Balaban J connectivity index is 0. The van der Waals surface area contributed by atoms with Gasteiger partial charge in [0.25, 0.3) is 0 Å². The van der Waals surface area contributed by atoms with Crippen molar-refractivity contribution in [2.75, 3.05) is 0 Å². The highest BCUT2D eigenvalue weighted by atomic mass is 35.5. The highest BCUT2D eigenvalue weighted by molar-refractivity contribution is 5.85. The lowest BCUT2D eigenvalue weighted by Gasteiger charge is -2.01. The van der Waals surface area contributed by atoms with Crippen molar-refractivity contribution in [3.05, 3.63) is 35.9 Å². The zero-order chi connectivity index (χ0) is 6.69. The Labute approximate surface area is 74.8 Å². The van der Waals surface area contributed by atoms with Gasteiger partial charge in [-0.05, 0) is 11.5 Å². The molecule has 1 nitrogen and oxygen atoms in total. The summed E-state index contributed by atoms with van der Waals surface area (Å²) in [6.07, 6.45) is 0. The minimum absolute atomic E-state index is 0. The second-order valence-electron chi connectivity index (χ2n) is 2.57. The first kappa shape index (κ1) is 13.1. The summed E-state index contributed by atoms with van der Waals surface area (Å²) in [5.74, 6) is 0.659. The zero-order valence-corrected chi connectivity index (χ0v) is 7.90. The SMILES string of the molecule is CC(C)c1ccccc1.Cl.N. The van der Waals surface area contributed by atoms with E-state index in [1.165, 1.54) is 5.56 Å². The van der Waals surface area contributed by atoms with Crippen LogP contribution in [0, 0.1) is 0 Å². The van der Waals surface area contributed by atoms with Crippen molar-refractivity contribution in [2.45, 2.75) is 19.8 Å². The maximum absolute atomic E-state index is 2.20. The van der Waals surface area contributed by atoms with E-state index < -0.39 is 0 Å². The Morgan fingerprint density at radius 3 is 1.73 bits per heavy atom. The molecule has 1 aromatic carbocycles. The molecule has 0 aliphatic heterocycles. The van der Waals surface area contributed by atoms with Crippen molar-refractivity contribution in [3.8, 4) is 0 Å². The summed E-state index contributed by atoms with van der Waals surface area (Å²) in [7, 11) is 0. The van der Waals surface area contributed by atoms with Crippen LogP contribution in [0.2, 0.25) is 0 Å². The molecule has 0 aliphatic rings. The molecule has 64 valence electrons. The summed E-state index contributed by atoms with van der Waals surface area (Å²) in [5, 5.41) is 0. The van der Waals surface area contributed by atoms with Crippen LogP contribution in [0.1, 0.15) is 25.3 Å². The quantitative estimate of drug-likeness (QED) is 0.694. The minimum Gasteiger partial charge on any atom is -0.344 e. The largest absolute Gasteiger partial charge is 0.344 e. The van der Waals surface area contributed by atoms with Crippen LogP contribution in [0.5, 0.6) is 0 Å². The Morgan fingerprint density at radius 2 is 1.45 bits per heavy atom. The van der Waals surface area contributed by atoms with E-state index in [1.54, 1.807) is 0 Å². The van der Waals surface area contributed by atoms with Gasteiger partial charge in [0, 0.05) is 0 Å². The van der Waals surface area contributed by atoms with E-state index in [2.05, 4.69) is 38.1 Å². The van der Waals surface area contributed by atoms with Crippen LogP contribution in [-0.2, 0) is 0 Å². The zero-order valence-electron chi connectivity index (χ0n) is 7.08. The Hall–Kier alpha value is -0.530. The molecule has 0 fully saturated rings. The average Bonchev–Trinajstić information content (AvgIpc) is 1.90. The standard InChI is InChI=1S/C9H12.ClH.H3N/c1-8(2)9-6-4-3-5-7-9;;/h3-8H,1-2H3;1H;1H3. The summed E-state index contributed by atoms with van der Waals surface area (Å²) in [4.78, 5) is 0. The smallest absolute Gasteiger partial charge is 0.0219 e. The fourth-order valence-corrected chi connectivity index (χ4v) is 0.838. The Bertz CT molecular complexity index is 172. The molecule has 1 rings (SSSR count). The molecule has 0 aromatic heterocycles. The van der Waals surface area contributed by atoms with Crippen LogP contribution >= 0.6 is 12.4 Å². The molecule has 0 saturated carbocycles. The second kappa shape index (κ2) is 6.20. The van der Waals surface area contributed by atoms with Crippen molar-refractivity contribution in [1.29, 1.82) is 0 Å². The predicted octanol–water partition coefficient (Wildman–Crippen LogP) is 3.39. The van der Waals surface area contributed by atoms with Gasteiger partial charge in [-0.25, -0.2) is 0 Å². The molecule has 0 saturated heterocycles. The van der Waals surface area contributed by atoms with Crippen molar-refractivity contribution >= 4 is 12.4 Å². The first-order valence-corrected chi connectivity index (χ1v) is 3.35. The van der Waals surface area contributed by atoms with E-state index in [9.17, 15) is 0 Å². The molecule has 0 heterocycles. The van der Waals surface area contributed by atoms with Gasteiger partial charge < -0.3 is 6.15 Å². The number of halogens is 1. The van der Waals surface area contributed by atoms with E-state index in [-0.39, 0.29) is 18.6 Å². The molecule has 11 heavy (non-hydrogen) atoms. The molecule has 0 amide bonds. The number of benzene rings is 1. The van der Waals surface area contributed by atoms with Crippen LogP contribution in [0.15, 0.2) is 30.3 Å². The molecule has 3 N–H and O–H groups in total. The third kappa shape index (κ3) is 4.02. The molecule has 0 atom stereocenters. The van der Waals surface area contributed by atoms with Crippen LogP contribution in [0.25, 0.3) is 0 Å². The first-order chi connectivity index (χ1) is 4.30. The van der Waals surface area contributed by atoms with E-state index >= 15 is 0 Å². The third-order valence-electron chi connectivity index (χ3n) is 1.47. The first-order valence-electron chi connectivity index (χ1n) is 3.35. The minimum atomic E-state index is 0. The van der Waals surface area contributed by atoms with Crippen molar-refractivity contribution in [3.63, 3.8) is 0 Å². The van der Waals surface area contributed by atoms with Gasteiger partial charge in [0.2, 0.25) is 0 Å². The average molecular weight is 174 g/mol. The molecular formula is C9H16ClN. The fourth-order valence-electron chi connectivity index (χ4n) is 0.838. The van der Waals surface area contributed by atoms with Crippen LogP contribution in [0.4, 0.5) is 0 Å². The normalized spacial score (nSPS) is 8.27. The lowest BCUT2D eigenvalue weighted by Crippen LogP contribution is -1.83. The third-order valence-corrected chi connectivity index (χ3v) is 1.47. The Morgan fingerprint density at radius 1 is 1.00 bits per heavy atom. The van der Waals surface area contributed by atoms with Crippen molar-refractivity contribution in [1.82, 2.24) is 6.15 Å². The van der Waals surface area contributed by atoms with Crippen LogP contribution < -0.4 is 6.15 Å². The number of hydrogen-bond donors (Lipinski definition) is 1. The molecule has 0 radical (unpaired) electrons. The summed E-state index contributed by atoms with van der Waals surface area (Å²) < 4.78 is 0. The molecule has 0 bridgehead atoms. The van der Waals surface area contributed by atoms with Gasteiger partial charge in [-0.2, -0.15) is 0 Å². The van der Waals surface area contributed by atoms with Crippen molar-refractivity contribution in [2.24, 2.45) is 0 Å². The topological polar surface area (TPSA) is 35.0 Å². The van der Waals surface area contributed by atoms with E-state index in [4.69, 9.17) is 0 Å². The van der Waals surface area contributed by atoms with Crippen LogP contribution in [0.3, 0.4) is 0 Å². The monoisotopic (exact) mass is 173 g/mol. The fraction of sp³-hybridized carbons (Fsp3) is 0.333.